The van der Waals surface area contributed by atoms with Crippen molar-refractivity contribution >= 4 is 34.6 Å². The van der Waals surface area contributed by atoms with E-state index in [-0.39, 0.29) is 25.0 Å². The molecule has 0 radical (unpaired) electrons. The van der Waals surface area contributed by atoms with Crippen LogP contribution in [0.15, 0.2) is 133 Å². The molecule has 0 saturated carbocycles. The van der Waals surface area contributed by atoms with E-state index < -0.39 is 12.1 Å². The second kappa shape index (κ2) is 14.6. The Morgan fingerprint density at radius 3 is 1.14 bits per heavy atom. The summed E-state index contributed by atoms with van der Waals surface area (Å²) in [6.07, 6.45) is 0. The largest absolute Gasteiger partial charge is 0.394 e. The van der Waals surface area contributed by atoms with Crippen LogP contribution in [-0.4, -0.2) is 35.2 Å². The molecule has 0 unspecified atom stereocenters. The van der Waals surface area contributed by atoms with E-state index in [4.69, 9.17) is 0 Å². The molecule has 5 aromatic carbocycles. The van der Waals surface area contributed by atoms with E-state index in [0.717, 1.165) is 11.1 Å². The standard InChI is InChI=1S/C36H34N4O4/c41-23-33(25-13-3-1-4-14-25)39-35(43)27-17-7-9-19-29(27)37-31-21-11-12-22-32(31)38-30-20-10-8-18-28(30)36(44)40-34(24-42)26-15-5-2-6-16-26/h1-22,33-34,37-38,41-42H,23-24H2,(H,39,43)(H,40,44)/t33-,34+. The van der Waals surface area contributed by atoms with Crippen LogP contribution in [0.5, 0.6) is 0 Å². The summed E-state index contributed by atoms with van der Waals surface area (Å²) in [6.45, 7) is -0.481. The highest BCUT2D eigenvalue weighted by molar-refractivity contribution is 6.02. The molecule has 5 rings (SSSR count). The Balaban J connectivity index is 1.36. The smallest absolute Gasteiger partial charge is 0.253 e. The number of rotatable bonds is 12. The third-order valence-electron chi connectivity index (χ3n) is 7.19. The second-order valence-electron chi connectivity index (χ2n) is 10.1. The number of anilines is 4. The number of hydrogen-bond donors (Lipinski definition) is 6. The summed E-state index contributed by atoms with van der Waals surface area (Å²) < 4.78 is 0. The maximum absolute atomic E-state index is 13.4. The minimum Gasteiger partial charge on any atom is -0.394 e. The summed E-state index contributed by atoms with van der Waals surface area (Å²) in [7, 11) is 0. The number of para-hydroxylation sites is 4. The summed E-state index contributed by atoms with van der Waals surface area (Å²) in [5.41, 5.74) is 4.94. The molecule has 2 amide bonds. The van der Waals surface area contributed by atoms with Crippen LogP contribution in [0, 0.1) is 0 Å². The number of aliphatic hydroxyl groups excluding tert-OH is 2. The molecule has 0 bridgehead atoms. The molecule has 0 spiro atoms. The van der Waals surface area contributed by atoms with Gasteiger partial charge in [-0.2, -0.15) is 0 Å². The molecular formula is C36H34N4O4. The fraction of sp³-hybridized carbons (Fsp3) is 0.111. The van der Waals surface area contributed by atoms with Crippen LogP contribution in [0.4, 0.5) is 22.7 Å². The zero-order valence-electron chi connectivity index (χ0n) is 24.0. The minimum atomic E-state index is -0.555. The number of carbonyl (C=O) groups is 2. The summed E-state index contributed by atoms with van der Waals surface area (Å²) in [6, 6.07) is 39.3. The number of carbonyl (C=O) groups excluding carboxylic acids is 2. The Bertz CT molecular complexity index is 1570. The van der Waals surface area contributed by atoms with Gasteiger partial charge in [-0.05, 0) is 47.5 Å². The SMILES string of the molecule is O=C(N[C@@H](CO)c1ccccc1)c1ccccc1Nc1ccccc1Nc1ccccc1C(=O)N[C@H](CO)c1ccccc1. The predicted octanol–water partition coefficient (Wildman–Crippen LogP) is 6.10. The van der Waals surface area contributed by atoms with Crippen molar-refractivity contribution in [2.45, 2.75) is 12.1 Å². The van der Waals surface area contributed by atoms with Gasteiger partial charge in [0.25, 0.3) is 11.8 Å². The molecule has 0 aliphatic heterocycles. The third kappa shape index (κ3) is 7.30. The fourth-order valence-corrected chi connectivity index (χ4v) is 4.88. The quantitative estimate of drug-likeness (QED) is 0.105. The van der Waals surface area contributed by atoms with E-state index in [9.17, 15) is 19.8 Å². The predicted molar refractivity (Wildman–Crippen MR) is 173 cm³/mol. The molecule has 0 aliphatic rings. The van der Waals surface area contributed by atoms with Gasteiger partial charge >= 0.3 is 0 Å². The molecule has 0 aromatic heterocycles. The van der Waals surface area contributed by atoms with E-state index in [1.54, 1.807) is 24.3 Å². The van der Waals surface area contributed by atoms with Gasteiger partial charge in [-0.1, -0.05) is 97.1 Å². The maximum atomic E-state index is 13.4. The molecule has 8 heteroatoms. The Hall–Kier alpha value is -5.44. The van der Waals surface area contributed by atoms with Gasteiger partial charge in [0.05, 0.1) is 59.2 Å². The van der Waals surface area contributed by atoms with Gasteiger partial charge in [0.1, 0.15) is 0 Å². The summed E-state index contributed by atoms with van der Waals surface area (Å²) >= 11 is 0. The molecule has 0 saturated heterocycles. The van der Waals surface area contributed by atoms with Crippen molar-refractivity contribution in [2.24, 2.45) is 0 Å². The average Bonchev–Trinajstić information content (AvgIpc) is 3.08. The van der Waals surface area contributed by atoms with Gasteiger partial charge in [-0.3, -0.25) is 9.59 Å². The monoisotopic (exact) mass is 586 g/mol. The average molecular weight is 587 g/mol. The number of aliphatic hydroxyl groups is 2. The lowest BCUT2D eigenvalue weighted by Crippen LogP contribution is -2.31. The molecule has 0 heterocycles. The summed E-state index contributed by atoms with van der Waals surface area (Å²) in [5, 5.41) is 32.5. The Morgan fingerprint density at radius 2 is 0.773 bits per heavy atom. The Morgan fingerprint density at radius 1 is 0.455 bits per heavy atom. The molecule has 2 atom stereocenters. The zero-order chi connectivity index (χ0) is 30.7. The number of amides is 2. The van der Waals surface area contributed by atoms with Crippen molar-refractivity contribution in [2.75, 3.05) is 23.8 Å². The van der Waals surface area contributed by atoms with Gasteiger partial charge in [-0.15, -0.1) is 0 Å². The van der Waals surface area contributed by atoms with E-state index in [1.807, 2.05) is 109 Å². The van der Waals surface area contributed by atoms with Crippen molar-refractivity contribution in [3.8, 4) is 0 Å². The Kier molecular flexibility index (Phi) is 9.99. The highest BCUT2D eigenvalue weighted by Crippen LogP contribution is 2.31. The first-order chi connectivity index (χ1) is 21.6. The molecule has 0 fully saturated rings. The van der Waals surface area contributed by atoms with Crippen LogP contribution in [0.3, 0.4) is 0 Å². The van der Waals surface area contributed by atoms with Crippen LogP contribution < -0.4 is 21.3 Å². The minimum absolute atomic E-state index is 0.241. The van der Waals surface area contributed by atoms with Crippen molar-refractivity contribution in [1.82, 2.24) is 10.6 Å². The number of nitrogens with one attached hydrogen (secondary N) is 4. The van der Waals surface area contributed by atoms with Crippen LogP contribution in [-0.2, 0) is 0 Å². The van der Waals surface area contributed by atoms with Crippen molar-refractivity contribution in [3.63, 3.8) is 0 Å². The maximum Gasteiger partial charge on any atom is 0.253 e. The normalized spacial score (nSPS) is 12.0. The molecule has 0 aliphatic carbocycles. The second-order valence-corrected chi connectivity index (χ2v) is 10.1. The summed E-state index contributed by atoms with van der Waals surface area (Å²) in [4.78, 5) is 26.7. The van der Waals surface area contributed by atoms with Crippen molar-refractivity contribution < 1.29 is 19.8 Å². The highest BCUT2D eigenvalue weighted by Gasteiger charge is 2.20. The zero-order valence-corrected chi connectivity index (χ0v) is 24.0. The van der Waals surface area contributed by atoms with E-state index in [2.05, 4.69) is 21.3 Å². The summed E-state index contributed by atoms with van der Waals surface area (Å²) in [5.74, 6) is -0.666. The molecular weight excluding hydrogens is 552 g/mol. The Labute approximate surface area is 256 Å². The molecule has 222 valence electrons. The van der Waals surface area contributed by atoms with Crippen LogP contribution in [0.25, 0.3) is 0 Å². The van der Waals surface area contributed by atoms with Crippen LogP contribution in [0.2, 0.25) is 0 Å². The lowest BCUT2D eigenvalue weighted by atomic mass is 10.1. The number of hydrogen-bond acceptors (Lipinski definition) is 6. The van der Waals surface area contributed by atoms with Crippen molar-refractivity contribution in [1.29, 1.82) is 0 Å². The van der Waals surface area contributed by atoms with Gasteiger partial charge in [0, 0.05) is 0 Å². The third-order valence-corrected chi connectivity index (χ3v) is 7.19. The fourth-order valence-electron chi connectivity index (χ4n) is 4.88. The van der Waals surface area contributed by atoms with Crippen LogP contribution in [0.1, 0.15) is 43.9 Å². The first-order valence-corrected chi connectivity index (χ1v) is 14.3. The highest BCUT2D eigenvalue weighted by atomic mass is 16.3. The first-order valence-electron chi connectivity index (χ1n) is 14.3. The lowest BCUT2D eigenvalue weighted by Gasteiger charge is -2.20. The van der Waals surface area contributed by atoms with E-state index in [1.165, 1.54) is 0 Å². The topological polar surface area (TPSA) is 123 Å². The van der Waals surface area contributed by atoms with Gasteiger partial charge in [0.15, 0.2) is 0 Å². The molecule has 8 nitrogen and oxygen atoms in total. The van der Waals surface area contributed by atoms with E-state index >= 15 is 0 Å². The molecule has 44 heavy (non-hydrogen) atoms. The van der Waals surface area contributed by atoms with Crippen LogP contribution >= 0.6 is 0 Å². The van der Waals surface area contributed by atoms with Crippen molar-refractivity contribution in [3.05, 3.63) is 156 Å². The molecule has 5 aromatic rings. The van der Waals surface area contributed by atoms with Gasteiger partial charge < -0.3 is 31.5 Å². The van der Waals surface area contributed by atoms with E-state index in [0.29, 0.717) is 33.9 Å². The molecule has 6 N–H and O–H groups in total. The van der Waals surface area contributed by atoms with Gasteiger partial charge in [-0.25, -0.2) is 0 Å². The lowest BCUT2D eigenvalue weighted by molar-refractivity contribution is 0.0910. The number of benzene rings is 5. The first kappa shape index (κ1) is 30.0. The van der Waals surface area contributed by atoms with Gasteiger partial charge in [0.2, 0.25) is 0 Å².